The average Bonchev–Trinajstić information content (AvgIpc) is 1.55. The monoisotopic (exact) mass is 1480 g/mol. The van der Waals surface area contributed by atoms with E-state index in [1.54, 1.807) is 54.6 Å². The summed E-state index contributed by atoms with van der Waals surface area (Å²) in [5.41, 5.74) is 26.0. The Morgan fingerprint density at radius 1 is 0.528 bits per heavy atom. The van der Waals surface area contributed by atoms with Gasteiger partial charge in [-0.2, -0.15) is 0 Å². The second kappa shape index (κ2) is 42.2. The van der Waals surface area contributed by atoms with Gasteiger partial charge in [0, 0.05) is 70.4 Å². The van der Waals surface area contributed by atoms with E-state index in [1.165, 1.54) is 18.7 Å². The van der Waals surface area contributed by atoms with Crippen molar-refractivity contribution >= 4 is 93.3 Å². The largest absolute Gasteiger partial charge is 0.394 e. The summed E-state index contributed by atoms with van der Waals surface area (Å²) in [6, 6.07) is 22.7. The van der Waals surface area contributed by atoms with E-state index in [0.717, 1.165) is 35.0 Å². The number of hydrogen-bond acceptors (Lipinski definition) is 16. The molecule has 0 spiro atoms. The summed E-state index contributed by atoms with van der Waals surface area (Å²) < 4.78 is 5.54. The maximum Gasteiger partial charge on any atom is 0.245 e. The van der Waals surface area contributed by atoms with Gasteiger partial charge in [-0.25, -0.2) is 0 Å². The fraction of sp³-hybridized carbons (Fsp3) is 0.474. The van der Waals surface area contributed by atoms with E-state index in [0.29, 0.717) is 54.3 Å². The molecule has 572 valence electrons. The van der Waals surface area contributed by atoms with Crippen molar-refractivity contribution in [3.8, 4) is 0 Å². The summed E-state index contributed by atoms with van der Waals surface area (Å²) >= 11 is 6.26. The first-order valence-electron chi connectivity index (χ1n) is 36.1. The number of nitrogens with zero attached hydrogens (tertiary/aromatic N) is 3. The lowest BCUT2D eigenvalue weighted by Gasteiger charge is -2.31. The molecule has 18 N–H and O–H groups in total. The number of fused-ring (bicyclic) bond motifs is 1. The summed E-state index contributed by atoms with van der Waals surface area (Å²) in [6.45, 7) is 9.03. The molecule has 0 bridgehead atoms. The molecule has 0 aliphatic carbocycles. The van der Waals surface area contributed by atoms with Crippen LogP contribution in [0.5, 0.6) is 0 Å². The van der Waals surface area contributed by atoms with E-state index < -0.39 is 132 Å². The third-order valence-electron chi connectivity index (χ3n) is 18.4. The van der Waals surface area contributed by atoms with Gasteiger partial charge in [-0.05, 0) is 121 Å². The lowest BCUT2D eigenvalue weighted by atomic mass is 9.99. The van der Waals surface area contributed by atoms with Crippen molar-refractivity contribution in [2.75, 3.05) is 52.5 Å². The van der Waals surface area contributed by atoms with Crippen molar-refractivity contribution < 1.29 is 62.6 Å². The number of aliphatic imine (C=N–C) groups is 1. The van der Waals surface area contributed by atoms with Gasteiger partial charge >= 0.3 is 0 Å². The molecule has 2 heterocycles. The normalized spacial score (nSPS) is 16.2. The van der Waals surface area contributed by atoms with Gasteiger partial charge < -0.3 is 85.5 Å². The first kappa shape index (κ1) is 83.2. The SMILES string of the molecule is CC(=O)N[C@H](Cc1ccc2ccccc2c1)C(=O)N[C@H](Cc1ccc(Cl)cc1)C(=O)N[C@H](Cc1ccccc1)C(=O)N[C@@H](CO)C(=O)N[C@@H](CCCCN)C(=O)N[C@H](Cc1ccc(CN2CCOCC2)cc1)C(=O)N[C@@H](CC(C)C)C(=O)N[C@@H](CCCN=C(N)N)C(=O)N1CCC[C@H]1C(=O)N[C@H](C)C(N)=O. The van der Waals surface area contributed by atoms with Crippen LogP contribution in [0.3, 0.4) is 0 Å². The number of aliphatic hydroxyl groups excluding tert-OH is 1. The Bertz CT molecular complexity index is 3820. The molecule has 30 heteroatoms. The van der Waals surface area contributed by atoms with E-state index in [1.807, 2.05) is 80.6 Å². The number of halogens is 1. The van der Waals surface area contributed by atoms with E-state index in [9.17, 15) is 48.3 Å². The maximum atomic E-state index is 15.1. The predicted octanol–water partition coefficient (Wildman–Crippen LogP) is 0.696. The number of amides is 11. The molecule has 11 amide bonds. The standard InChI is InChI=1S/C76H103ClN16O13/c1-46(2)38-59(68(98)86-58(19-12-32-82-76(80)81)75(105)93-33-13-20-65(93)74(104)83-47(3)66(79)96)87-70(100)62(41-50-21-23-52(24-22-50)44-92-34-36-106-37-35-92)88-67(97)57(18-10-11-31-78)85-73(103)64(45-94)91-72(102)61(40-49-14-6-5-7-15-49)90-71(101)63(42-51-26-29-56(77)30-27-51)89-69(99)60(84-48(4)95)43-53-25-28-54-16-8-9-17-55(54)39-53/h5-9,14-17,21-30,39,46-47,57-65,94H,10-13,18-20,31-38,40-45,78H2,1-4H3,(H2,79,96)(H,83,104)(H,84,95)(H,85,103)(H,86,98)(H,87,100)(H,88,97)(H,89,99)(H,90,101)(H,91,102)(H4,80,81,82)/t47-,57+,58+,59+,60-,61-,62-,63-,64+,65+/m1/s1. The summed E-state index contributed by atoms with van der Waals surface area (Å²) in [4.78, 5) is 164. The molecule has 0 unspecified atom stereocenters. The highest BCUT2D eigenvalue weighted by atomic mass is 35.5. The Labute approximate surface area is 623 Å². The number of unbranched alkanes of at least 4 members (excludes halogenated alkanes) is 1. The zero-order valence-corrected chi connectivity index (χ0v) is 61.4. The highest BCUT2D eigenvalue weighted by molar-refractivity contribution is 6.30. The smallest absolute Gasteiger partial charge is 0.245 e. The molecule has 29 nitrogen and oxygen atoms in total. The van der Waals surface area contributed by atoms with Crippen LogP contribution in [0.4, 0.5) is 0 Å². The van der Waals surface area contributed by atoms with E-state index in [4.69, 9.17) is 39.3 Å². The van der Waals surface area contributed by atoms with Crippen LogP contribution in [0.25, 0.3) is 10.8 Å². The number of guanidine groups is 1. The molecular weight excluding hydrogens is 1380 g/mol. The molecule has 7 rings (SSSR count). The van der Waals surface area contributed by atoms with Gasteiger partial charge in [0.1, 0.15) is 60.4 Å². The predicted molar refractivity (Wildman–Crippen MR) is 401 cm³/mol. The van der Waals surface area contributed by atoms with Gasteiger partial charge in [0.05, 0.1) is 19.8 Å². The van der Waals surface area contributed by atoms with Gasteiger partial charge in [-0.1, -0.05) is 135 Å². The summed E-state index contributed by atoms with van der Waals surface area (Å²) in [5.74, 6) is -8.84. The van der Waals surface area contributed by atoms with Crippen LogP contribution in [-0.2, 0) is 89.7 Å². The van der Waals surface area contributed by atoms with Crippen LogP contribution in [-0.4, -0.2) is 199 Å². The minimum atomic E-state index is -1.75. The zero-order chi connectivity index (χ0) is 76.8. The Hall–Kier alpha value is -10.1. The van der Waals surface area contributed by atoms with Crippen LogP contribution in [0.2, 0.25) is 5.02 Å². The highest BCUT2D eigenvalue weighted by Crippen LogP contribution is 2.23. The van der Waals surface area contributed by atoms with E-state index in [-0.39, 0.29) is 95.7 Å². The number of likely N-dealkylation sites (tertiary alicyclic amines) is 1. The third kappa shape index (κ3) is 26.8. The fourth-order valence-corrected chi connectivity index (χ4v) is 12.8. The molecule has 2 aliphatic heterocycles. The Morgan fingerprint density at radius 2 is 1.00 bits per heavy atom. The van der Waals surface area contributed by atoms with Gasteiger partial charge in [-0.3, -0.25) is 62.6 Å². The number of nitrogens with one attached hydrogen (secondary N) is 9. The number of nitrogens with two attached hydrogens (primary N) is 4. The summed E-state index contributed by atoms with van der Waals surface area (Å²) in [6.07, 6.45) is 1.21. The lowest BCUT2D eigenvalue weighted by Crippen LogP contribution is -2.61. The molecule has 5 aromatic rings. The zero-order valence-electron chi connectivity index (χ0n) is 60.6. The minimum absolute atomic E-state index is 0.000550. The summed E-state index contributed by atoms with van der Waals surface area (Å²) in [5, 5.41) is 37.8. The van der Waals surface area contributed by atoms with Crippen LogP contribution < -0.4 is 70.8 Å². The molecular formula is C76H103ClN16O13. The van der Waals surface area contributed by atoms with Crippen LogP contribution in [0, 0.1) is 5.92 Å². The number of benzene rings is 5. The summed E-state index contributed by atoms with van der Waals surface area (Å²) in [7, 11) is 0. The van der Waals surface area contributed by atoms with Gasteiger partial charge in [0.25, 0.3) is 0 Å². The molecule has 0 aromatic heterocycles. The molecule has 10 atom stereocenters. The minimum Gasteiger partial charge on any atom is -0.394 e. The molecule has 5 aromatic carbocycles. The molecule has 2 saturated heterocycles. The van der Waals surface area contributed by atoms with Crippen molar-refractivity contribution in [3.05, 3.63) is 154 Å². The van der Waals surface area contributed by atoms with Crippen molar-refractivity contribution in [1.82, 2.24) is 57.7 Å². The Balaban J connectivity index is 1.13. The average molecular weight is 1480 g/mol. The second-order valence-electron chi connectivity index (χ2n) is 27.4. The molecule has 2 fully saturated rings. The van der Waals surface area contributed by atoms with Crippen molar-refractivity contribution in [3.63, 3.8) is 0 Å². The van der Waals surface area contributed by atoms with Crippen molar-refractivity contribution in [1.29, 1.82) is 0 Å². The van der Waals surface area contributed by atoms with Gasteiger partial charge in [0.2, 0.25) is 65.0 Å². The number of carbonyl (C=O) groups is 11. The van der Waals surface area contributed by atoms with E-state index in [2.05, 4.69) is 57.7 Å². The number of morpholine rings is 1. The van der Waals surface area contributed by atoms with Crippen LogP contribution in [0.15, 0.2) is 126 Å². The third-order valence-corrected chi connectivity index (χ3v) is 18.6. The second-order valence-corrected chi connectivity index (χ2v) is 27.8. The highest BCUT2D eigenvalue weighted by Gasteiger charge is 2.40. The number of aliphatic hydroxyl groups is 1. The number of hydrogen-bond donors (Lipinski definition) is 14. The molecule has 0 saturated carbocycles. The number of primary amides is 1. The topological polar surface area (TPSA) is 448 Å². The van der Waals surface area contributed by atoms with Crippen LogP contribution in [0.1, 0.15) is 107 Å². The van der Waals surface area contributed by atoms with Crippen molar-refractivity contribution in [2.45, 2.75) is 172 Å². The Morgan fingerprint density at radius 3 is 1.57 bits per heavy atom. The van der Waals surface area contributed by atoms with Gasteiger partial charge in [-0.15, -0.1) is 0 Å². The first-order chi connectivity index (χ1) is 50.8. The number of ether oxygens (including phenoxy) is 1. The fourth-order valence-electron chi connectivity index (χ4n) is 12.6. The number of carbonyl (C=O) groups excluding carboxylic acids is 11. The molecule has 0 radical (unpaired) electrons. The first-order valence-corrected chi connectivity index (χ1v) is 36.5. The molecule has 106 heavy (non-hydrogen) atoms. The lowest BCUT2D eigenvalue weighted by molar-refractivity contribution is -0.142. The van der Waals surface area contributed by atoms with Crippen molar-refractivity contribution in [2.24, 2.45) is 33.8 Å². The number of rotatable bonds is 40. The maximum absolute atomic E-state index is 15.1. The quantitative estimate of drug-likeness (QED) is 0.0146. The van der Waals surface area contributed by atoms with E-state index >= 15 is 9.59 Å². The van der Waals surface area contributed by atoms with Gasteiger partial charge in [0.15, 0.2) is 5.96 Å². The Kier molecular flexibility index (Phi) is 33.1. The molecule has 2 aliphatic rings. The van der Waals surface area contributed by atoms with Crippen LogP contribution >= 0.6 is 11.6 Å².